The summed E-state index contributed by atoms with van der Waals surface area (Å²) >= 11 is 0. The maximum atomic E-state index is 10.8. The third-order valence-electron chi connectivity index (χ3n) is 1.92. The molecule has 3 N–H and O–H groups in total. The van der Waals surface area contributed by atoms with Crippen molar-refractivity contribution in [2.24, 2.45) is 5.73 Å². The number of hydrogen-bond donors (Lipinski definition) is 2. The fourth-order valence-electron chi connectivity index (χ4n) is 1.26. The Morgan fingerprint density at radius 1 is 1.53 bits per heavy atom. The number of aromatic nitrogens is 2. The minimum atomic E-state index is -0.609. The molecular formula is C9H13N5O3. The van der Waals surface area contributed by atoms with E-state index in [1.807, 2.05) is 0 Å². The quantitative estimate of drug-likeness (QED) is 0.567. The molecule has 0 aliphatic carbocycles. The van der Waals surface area contributed by atoms with E-state index in [2.05, 4.69) is 15.3 Å². The average Bonchev–Trinajstić information content (AvgIpc) is 2.15. The van der Waals surface area contributed by atoms with Crippen molar-refractivity contribution >= 4 is 17.5 Å². The van der Waals surface area contributed by atoms with Crippen LogP contribution in [0.5, 0.6) is 0 Å². The molecule has 0 unspecified atom stereocenters. The topological polar surface area (TPSA) is 124 Å². The fourth-order valence-corrected chi connectivity index (χ4v) is 1.26. The molecule has 0 saturated heterocycles. The number of hydrogen-bond acceptors (Lipinski definition) is 6. The highest BCUT2D eigenvalue weighted by atomic mass is 16.6. The first kappa shape index (κ1) is 12.8. The molecule has 1 amide bonds. The van der Waals surface area contributed by atoms with Crippen LogP contribution >= 0.6 is 0 Å². The van der Waals surface area contributed by atoms with Gasteiger partial charge in [0.15, 0.2) is 0 Å². The molecule has 0 radical (unpaired) electrons. The number of primary amides is 1. The van der Waals surface area contributed by atoms with Gasteiger partial charge < -0.3 is 11.1 Å². The molecule has 0 atom stereocenters. The number of nitro groups is 1. The zero-order valence-electron chi connectivity index (χ0n) is 9.51. The lowest BCUT2D eigenvalue weighted by atomic mass is 10.0. The Morgan fingerprint density at radius 3 is 2.47 bits per heavy atom. The average molecular weight is 239 g/mol. The number of carbonyl (C=O) groups is 1. The minimum absolute atomic E-state index is 0.105. The second kappa shape index (κ2) is 4.73. The van der Waals surface area contributed by atoms with E-state index in [0.717, 1.165) is 12.4 Å². The predicted molar refractivity (Wildman–Crippen MR) is 60.2 cm³/mol. The third kappa shape index (κ3) is 4.01. The van der Waals surface area contributed by atoms with Gasteiger partial charge in [0.2, 0.25) is 11.9 Å². The largest absolute Gasteiger partial charge is 0.370 e. The van der Waals surface area contributed by atoms with Crippen LogP contribution in [0.25, 0.3) is 0 Å². The van der Waals surface area contributed by atoms with Gasteiger partial charge in [-0.3, -0.25) is 14.9 Å². The van der Waals surface area contributed by atoms with Gasteiger partial charge in [-0.1, -0.05) is 0 Å². The lowest BCUT2D eigenvalue weighted by Crippen LogP contribution is -2.36. The highest BCUT2D eigenvalue weighted by Crippen LogP contribution is 2.15. The van der Waals surface area contributed by atoms with Crippen molar-refractivity contribution in [1.82, 2.24) is 9.97 Å². The van der Waals surface area contributed by atoms with Crippen LogP contribution < -0.4 is 11.1 Å². The summed E-state index contributed by atoms with van der Waals surface area (Å²) in [6, 6.07) is 0. The fraction of sp³-hybridized carbons (Fsp3) is 0.444. The van der Waals surface area contributed by atoms with Crippen molar-refractivity contribution in [3.8, 4) is 0 Å². The second-order valence-corrected chi connectivity index (χ2v) is 4.17. The Labute approximate surface area is 97.4 Å². The molecule has 0 spiro atoms. The second-order valence-electron chi connectivity index (χ2n) is 4.17. The number of rotatable bonds is 5. The van der Waals surface area contributed by atoms with Crippen LogP contribution in [0.4, 0.5) is 11.6 Å². The molecule has 8 nitrogen and oxygen atoms in total. The Bertz CT molecular complexity index is 429. The van der Waals surface area contributed by atoms with Crippen molar-refractivity contribution in [2.45, 2.75) is 25.8 Å². The van der Waals surface area contributed by atoms with E-state index in [9.17, 15) is 14.9 Å². The van der Waals surface area contributed by atoms with Crippen molar-refractivity contribution in [2.75, 3.05) is 5.32 Å². The maximum absolute atomic E-state index is 10.8. The van der Waals surface area contributed by atoms with Crippen LogP contribution in [-0.4, -0.2) is 26.3 Å². The molecule has 0 aliphatic rings. The van der Waals surface area contributed by atoms with Crippen LogP contribution in [0.15, 0.2) is 12.4 Å². The Hall–Kier alpha value is -2.25. The van der Waals surface area contributed by atoms with Gasteiger partial charge in [-0.05, 0) is 13.8 Å². The maximum Gasteiger partial charge on any atom is 0.305 e. The van der Waals surface area contributed by atoms with Gasteiger partial charge in [0.05, 0.1) is 4.92 Å². The number of nitrogens with two attached hydrogens (primary N) is 1. The summed E-state index contributed by atoms with van der Waals surface area (Å²) in [5.74, 6) is -0.244. The summed E-state index contributed by atoms with van der Waals surface area (Å²) in [7, 11) is 0. The first-order valence-corrected chi connectivity index (χ1v) is 4.83. The predicted octanol–water partition coefficient (Wildman–Crippen LogP) is 0.451. The van der Waals surface area contributed by atoms with Crippen LogP contribution in [0.3, 0.4) is 0 Å². The molecule has 0 fully saturated rings. The molecule has 1 rings (SSSR count). The normalized spacial score (nSPS) is 10.9. The molecule has 1 aromatic rings. The van der Waals surface area contributed by atoms with Crippen molar-refractivity contribution in [3.05, 3.63) is 22.5 Å². The lowest BCUT2D eigenvalue weighted by molar-refractivity contribution is -0.385. The molecule has 17 heavy (non-hydrogen) atoms. The van der Waals surface area contributed by atoms with E-state index in [4.69, 9.17) is 5.73 Å². The summed E-state index contributed by atoms with van der Waals surface area (Å²) in [5.41, 5.74) is 4.29. The molecule has 0 saturated carbocycles. The van der Waals surface area contributed by atoms with Gasteiger partial charge in [-0.25, -0.2) is 9.97 Å². The lowest BCUT2D eigenvalue weighted by Gasteiger charge is -2.24. The summed E-state index contributed by atoms with van der Waals surface area (Å²) in [5, 5.41) is 13.3. The number of carbonyl (C=O) groups excluding carboxylic acids is 1. The molecule has 92 valence electrons. The number of amides is 1. The van der Waals surface area contributed by atoms with Gasteiger partial charge in [-0.15, -0.1) is 0 Å². The molecule has 0 aromatic carbocycles. The molecule has 1 heterocycles. The first-order valence-electron chi connectivity index (χ1n) is 4.83. The summed E-state index contributed by atoms with van der Waals surface area (Å²) in [6.45, 7) is 3.51. The van der Waals surface area contributed by atoms with Crippen molar-refractivity contribution < 1.29 is 9.72 Å². The first-order chi connectivity index (χ1) is 7.80. The van der Waals surface area contributed by atoms with Crippen LogP contribution in [0.1, 0.15) is 20.3 Å². The van der Waals surface area contributed by atoms with Crippen LogP contribution in [0.2, 0.25) is 0 Å². The van der Waals surface area contributed by atoms with E-state index in [0.29, 0.717) is 0 Å². The van der Waals surface area contributed by atoms with E-state index in [1.165, 1.54) is 0 Å². The Morgan fingerprint density at radius 2 is 2.06 bits per heavy atom. The van der Waals surface area contributed by atoms with Crippen LogP contribution in [0, 0.1) is 10.1 Å². The van der Waals surface area contributed by atoms with Gasteiger partial charge in [0.1, 0.15) is 12.4 Å². The number of anilines is 1. The minimum Gasteiger partial charge on any atom is -0.370 e. The number of nitrogens with zero attached hydrogens (tertiary/aromatic N) is 3. The monoisotopic (exact) mass is 239 g/mol. The molecule has 0 bridgehead atoms. The van der Waals surface area contributed by atoms with E-state index in [1.54, 1.807) is 13.8 Å². The molecule has 8 heteroatoms. The molecule has 1 aromatic heterocycles. The standard InChI is InChI=1S/C9H13N5O3/c1-9(2,3-7(10)15)13-8-11-4-6(5-12-8)14(16)17/h4-5H,3H2,1-2H3,(H2,10,15)(H,11,12,13). The SMILES string of the molecule is CC(C)(CC(N)=O)Nc1ncc([N+](=O)[O-])cn1. The Kier molecular flexibility index (Phi) is 3.56. The van der Waals surface area contributed by atoms with Gasteiger partial charge >= 0.3 is 5.69 Å². The highest BCUT2D eigenvalue weighted by Gasteiger charge is 2.21. The smallest absolute Gasteiger partial charge is 0.305 e. The summed E-state index contributed by atoms with van der Waals surface area (Å²) in [6.07, 6.45) is 2.29. The van der Waals surface area contributed by atoms with E-state index < -0.39 is 16.4 Å². The number of nitrogens with one attached hydrogen (secondary N) is 1. The highest BCUT2D eigenvalue weighted by molar-refractivity contribution is 5.75. The molecular weight excluding hydrogens is 226 g/mol. The van der Waals surface area contributed by atoms with Gasteiger partial charge in [-0.2, -0.15) is 0 Å². The van der Waals surface area contributed by atoms with Gasteiger partial charge in [0, 0.05) is 12.0 Å². The van der Waals surface area contributed by atoms with E-state index in [-0.39, 0.29) is 18.1 Å². The van der Waals surface area contributed by atoms with Gasteiger partial charge in [0.25, 0.3) is 0 Å². The zero-order valence-corrected chi connectivity index (χ0v) is 9.51. The van der Waals surface area contributed by atoms with Crippen molar-refractivity contribution in [1.29, 1.82) is 0 Å². The Balaban J connectivity index is 2.75. The summed E-state index contributed by atoms with van der Waals surface area (Å²) in [4.78, 5) is 28.2. The summed E-state index contributed by atoms with van der Waals surface area (Å²) < 4.78 is 0. The van der Waals surface area contributed by atoms with E-state index >= 15 is 0 Å². The zero-order chi connectivity index (χ0) is 13.1. The molecule has 0 aliphatic heterocycles. The van der Waals surface area contributed by atoms with Crippen molar-refractivity contribution in [3.63, 3.8) is 0 Å². The third-order valence-corrected chi connectivity index (χ3v) is 1.92. The van der Waals surface area contributed by atoms with Crippen LogP contribution in [-0.2, 0) is 4.79 Å².